The lowest BCUT2D eigenvalue weighted by Crippen LogP contribution is -2.02. The highest BCUT2D eigenvalue weighted by atomic mass is 32.1. The van der Waals surface area contributed by atoms with Crippen molar-refractivity contribution in [1.82, 2.24) is 15.0 Å². The molecule has 12 aromatic rings. The van der Waals surface area contributed by atoms with Gasteiger partial charge in [0.15, 0.2) is 17.5 Å². The summed E-state index contributed by atoms with van der Waals surface area (Å²) in [6, 6.07) is 80.1. The molecule has 0 aliphatic carbocycles. The van der Waals surface area contributed by atoms with Gasteiger partial charge in [0, 0.05) is 31.8 Å². The molecule has 0 fully saturated rings. The average Bonchev–Trinajstić information content (AvgIpc) is 3.80. The number of hydrogen-bond acceptors (Lipinski definition) is 4. The molecule has 0 saturated carbocycles. The smallest absolute Gasteiger partial charge is 0.164 e. The van der Waals surface area contributed by atoms with Gasteiger partial charge in [0.2, 0.25) is 0 Å². The summed E-state index contributed by atoms with van der Waals surface area (Å²) in [5, 5.41) is 8.71. The van der Waals surface area contributed by atoms with Crippen LogP contribution in [0.1, 0.15) is 0 Å². The van der Waals surface area contributed by atoms with Crippen molar-refractivity contribution >= 4 is 53.7 Å². The first-order valence-corrected chi connectivity index (χ1v) is 22.1. The standard InChI is InChI=1S/C59H37N3S/c1-2-16-38(17-3-1)46-25-9-11-29-51(46)58-60-57(61-59(62-58)52-30-12-10-28-49(52)55-37-43-20-6-13-31-54(43)63-55)45-24-15-22-41(35-45)40-21-14-23-44(34-40)56-48-27-8-5-19-42(48)36-53-47-26-7-4-18-39(47)32-33-50(53)56/h1-37H. The molecule has 10 aromatic carbocycles. The molecule has 0 unspecified atom stereocenters. The molecule has 2 aromatic heterocycles. The Labute approximate surface area is 369 Å². The average molecular weight is 820 g/mol. The third kappa shape index (κ3) is 6.65. The van der Waals surface area contributed by atoms with Crippen LogP contribution in [0, 0.1) is 0 Å². The molecule has 0 spiro atoms. The molecule has 294 valence electrons. The maximum absolute atomic E-state index is 5.32. The molecule has 0 aliphatic rings. The van der Waals surface area contributed by atoms with Gasteiger partial charge >= 0.3 is 0 Å². The summed E-state index contributed by atoms with van der Waals surface area (Å²) in [4.78, 5) is 17.1. The first kappa shape index (κ1) is 36.8. The van der Waals surface area contributed by atoms with Crippen molar-refractivity contribution in [2.24, 2.45) is 0 Å². The van der Waals surface area contributed by atoms with E-state index in [9.17, 15) is 0 Å². The van der Waals surface area contributed by atoms with Crippen molar-refractivity contribution in [2.45, 2.75) is 0 Å². The van der Waals surface area contributed by atoms with Crippen molar-refractivity contribution in [2.75, 3.05) is 0 Å². The highest BCUT2D eigenvalue weighted by Gasteiger charge is 2.20. The van der Waals surface area contributed by atoms with E-state index in [-0.39, 0.29) is 0 Å². The summed E-state index contributed by atoms with van der Waals surface area (Å²) in [6.45, 7) is 0. The molecule has 3 nitrogen and oxygen atoms in total. The van der Waals surface area contributed by atoms with E-state index in [0.717, 1.165) is 44.5 Å². The molecular weight excluding hydrogens is 783 g/mol. The zero-order chi connectivity index (χ0) is 41.7. The predicted molar refractivity (Wildman–Crippen MR) is 266 cm³/mol. The van der Waals surface area contributed by atoms with Crippen LogP contribution in [0.3, 0.4) is 0 Å². The van der Waals surface area contributed by atoms with Gasteiger partial charge in [-0.15, -0.1) is 11.3 Å². The number of hydrogen-bond donors (Lipinski definition) is 0. The van der Waals surface area contributed by atoms with Crippen LogP contribution in [-0.2, 0) is 0 Å². The molecule has 0 atom stereocenters. The lowest BCUT2D eigenvalue weighted by atomic mass is 9.89. The van der Waals surface area contributed by atoms with Crippen LogP contribution in [0.2, 0.25) is 0 Å². The third-order valence-electron chi connectivity index (χ3n) is 12.1. The van der Waals surface area contributed by atoms with E-state index in [0.29, 0.717) is 17.5 Å². The van der Waals surface area contributed by atoms with Crippen LogP contribution >= 0.6 is 11.3 Å². The summed E-state index contributed by atoms with van der Waals surface area (Å²) in [7, 11) is 0. The number of aromatic nitrogens is 3. The van der Waals surface area contributed by atoms with Crippen LogP contribution < -0.4 is 0 Å². The Morgan fingerprint density at radius 2 is 0.810 bits per heavy atom. The molecule has 2 heterocycles. The zero-order valence-corrected chi connectivity index (χ0v) is 34.9. The zero-order valence-electron chi connectivity index (χ0n) is 34.1. The minimum Gasteiger partial charge on any atom is -0.208 e. The van der Waals surface area contributed by atoms with Crippen LogP contribution in [0.25, 0.3) is 120 Å². The molecule has 0 N–H and O–H groups in total. The molecule has 0 bridgehead atoms. The summed E-state index contributed by atoms with van der Waals surface area (Å²) >= 11 is 1.79. The van der Waals surface area contributed by atoms with E-state index in [2.05, 4.69) is 218 Å². The second-order valence-electron chi connectivity index (χ2n) is 15.9. The Morgan fingerprint density at radius 1 is 0.270 bits per heavy atom. The SMILES string of the molecule is c1ccc(-c2ccccc2-c2nc(-c3cccc(-c4cccc(-c5c6ccccc6cc6c5ccc5ccccc56)c4)c3)nc(-c3ccccc3-c3cc4ccccc4s3)n2)cc1. The van der Waals surface area contributed by atoms with Crippen LogP contribution in [0.15, 0.2) is 224 Å². The Kier molecular flexibility index (Phi) is 9.02. The fourth-order valence-corrected chi connectivity index (χ4v) is 10.2. The third-order valence-corrected chi connectivity index (χ3v) is 13.3. The van der Waals surface area contributed by atoms with Crippen molar-refractivity contribution in [3.63, 3.8) is 0 Å². The van der Waals surface area contributed by atoms with Crippen LogP contribution in [0.5, 0.6) is 0 Å². The number of benzene rings is 10. The van der Waals surface area contributed by atoms with E-state index in [1.807, 2.05) is 6.07 Å². The van der Waals surface area contributed by atoms with E-state index in [4.69, 9.17) is 15.0 Å². The van der Waals surface area contributed by atoms with E-state index < -0.39 is 0 Å². The second kappa shape index (κ2) is 15.4. The number of fused-ring (bicyclic) bond motifs is 5. The fourth-order valence-electron chi connectivity index (χ4n) is 9.12. The van der Waals surface area contributed by atoms with Gasteiger partial charge in [-0.2, -0.15) is 0 Å². The topological polar surface area (TPSA) is 38.7 Å². The van der Waals surface area contributed by atoms with Gasteiger partial charge in [-0.3, -0.25) is 0 Å². The first-order valence-electron chi connectivity index (χ1n) is 21.3. The molecule has 63 heavy (non-hydrogen) atoms. The monoisotopic (exact) mass is 819 g/mol. The summed E-state index contributed by atoms with van der Waals surface area (Å²) in [5.41, 5.74) is 10.7. The highest BCUT2D eigenvalue weighted by Crippen LogP contribution is 2.42. The Balaban J connectivity index is 1.02. The Morgan fingerprint density at radius 3 is 1.57 bits per heavy atom. The van der Waals surface area contributed by atoms with Crippen molar-refractivity contribution in [1.29, 1.82) is 0 Å². The number of nitrogens with zero attached hydrogens (tertiary/aromatic N) is 3. The quantitative estimate of drug-likeness (QED) is 0.119. The van der Waals surface area contributed by atoms with Gasteiger partial charge < -0.3 is 0 Å². The first-order chi connectivity index (χ1) is 31.2. The molecular formula is C59H37N3S. The van der Waals surface area contributed by atoms with Gasteiger partial charge in [0.1, 0.15) is 0 Å². The van der Waals surface area contributed by atoms with E-state index in [1.165, 1.54) is 58.4 Å². The second-order valence-corrected chi connectivity index (χ2v) is 17.0. The summed E-state index contributed by atoms with van der Waals surface area (Å²) in [6.07, 6.45) is 0. The maximum atomic E-state index is 5.32. The maximum Gasteiger partial charge on any atom is 0.164 e. The fraction of sp³-hybridized carbons (Fsp3) is 0. The summed E-state index contributed by atoms with van der Waals surface area (Å²) < 4.78 is 1.25. The van der Waals surface area contributed by atoms with Crippen LogP contribution in [-0.4, -0.2) is 15.0 Å². The van der Waals surface area contributed by atoms with E-state index >= 15 is 0 Å². The molecule has 0 amide bonds. The molecule has 0 aliphatic heterocycles. The number of thiophene rings is 1. The molecule has 0 radical (unpaired) electrons. The highest BCUT2D eigenvalue weighted by molar-refractivity contribution is 7.22. The molecule has 0 saturated heterocycles. The predicted octanol–water partition coefficient (Wildman–Crippen LogP) is 16.2. The lowest BCUT2D eigenvalue weighted by Gasteiger charge is -2.15. The van der Waals surface area contributed by atoms with Crippen molar-refractivity contribution in [3.05, 3.63) is 224 Å². The number of rotatable bonds is 7. The van der Waals surface area contributed by atoms with Gasteiger partial charge in [-0.05, 0) is 101 Å². The van der Waals surface area contributed by atoms with Crippen molar-refractivity contribution < 1.29 is 0 Å². The largest absolute Gasteiger partial charge is 0.208 e. The van der Waals surface area contributed by atoms with Gasteiger partial charge in [-0.1, -0.05) is 194 Å². The Bertz CT molecular complexity index is 3670. The lowest BCUT2D eigenvalue weighted by molar-refractivity contribution is 1.07. The van der Waals surface area contributed by atoms with Gasteiger partial charge in [0.25, 0.3) is 0 Å². The molecule has 12 rings (SSSR count). The minimum atomic E-state index is 0.619. The normalized spacial score (nSPS) is 11.5. The van der Waals surface area contributed by atoms with Crippen molar-refractivity contribution in [3.8, 4) is 78.0 Å². The van der Waals surface area contributed by atoms with Crippen LogP contribution in [0.4, 0.5) is 0 Å². The van der Waals surface area contributed by atoms with Gasteiger partial charge in [-0.25, -0.2) is 15.0 Å². The minimum absolute atomic E-state index is 0.619. The summed E-state index contributed by atoms with van der Waals surface area (Å²) in [5.74, 6) is 1.88. The molecule has 4 heteroatoms. The van der Waals surface area contributed by atoms with Gasteiger partial charge in [0.05, 0.1) is 0 Å². The van der Waals surface area contributed by atoms with E-state index in [1.54, 1.807) is 11.3 Å². The Hall–Kier alpha value is -8.05.